The summed E-state index contributed by atoms with van der Waals surface area (Å²) in [4.78, 5) is 26.8. The maximum Gasteiger partial charge on any atom is 0.326 e. The Labute approximate surface area is 187 Å². The molecule has 2 N–H and O–H groups in total. The van der Waals surface area contributed by atoms with E-state index in [4.69, 9.17) is 4.74 Å². The fourth-order valence-electron chi connectivity index (χ4n) is 4.05. The van der Waals surface area contributed by atoms with E-state index in [1.807, 2.05) is 54.6 Å². The molecule has 6 nitrogen and oxygen atoms in total. The maximum absolute atomic E-state index is 12.7. The van der Waals surface area contributed by atoms with Gasteiger partial charge in [-0.25, -0.2) is 4.79 Å². The summed E-state index contributed by atoms with van der Waals surface area (Å²) in [7, 11) is 0. The number of carbonyl (C=O) groups excluding carboxylic acids is 1. The summed E-state index contributed by atoms with van der Waals surface area (Å²) in [6.07, 6.45) is 2.77. The van der Waals surface area contributed by atoms with Crippen LogP contribution in [0.25, 0.3) is 10.8 Å². The van der Waals surface area contributed by atoms with Gasteiger partial charge in [-0.1, -0.05) is 42.5 Å². The van der Waals surface area contributed by atoms with E-state index in [-0.39, 0.29) is 6.42 Å². The Kier molecular flexibility index (Phi) is 7.02. The van der Waals surface area contributed by atoms with Crippen LogP contribution in [0.4, 0.5) is 0 Å². The molecule has 0 saturated carbocycles. The Hall–Kier alpha value is -3.38. The van der Waals surface area contributed by atoms with Gasteiger partial charge in [0.2, 0.25) is 0 Å². The molecule has 0 aliphatic carbocycles. The standard InChI is InChI=1S/C26H28N2O4/c29-25(27-24(26(30)31)16-19-6-2-1-3-7-19)22-9-8-21-18-23(11-10-20(21)17-22)32-15-14-28-12-4-5-13-28/h1-3,6-11,17-18,24H,4-5,12-16H2,(H,27,29)(H,30,31). The first kappa shape index (κ1) is 21.8. The molecule has 32 heavy (non-hydrogen) atoms. The van der Waals surface area contributed by atoms with Gasteiger partial charge in [-0.15, -0.1) is 0 Å². The van der Waals surface area contributed by atoms with Crippen molar-refractivity contribution in [3.63, 3.8) is 0 Å². The minimum Gasteiger partial charge on any atom is -0.492 e. The zero-order chi connectivity index (χ0) is 22.3. The zero-order valence-electron chi connectivity index (χ0n) is 18.0. The van der Waals surface area contributed by atoms with Crippen LogP contribution in [-0.4, -0.2) is 54.2 Å². The summed E-state index contributed by atoms with van der Waals surface area (Å²) < 4.78 is 5.90. The maximum atomic E-state index is 12.7. The van der Waals surface area contributed by atoms with Crippen molar-refractivity contribution in [2.75, 3.05) is 26.2 Å². The van der Waals surface area contributed by atoms with E-state index in [0.717, 1.165) is 41.7 Å². The second-order valence-electron chi connectivity index (χ2n) is 8.17. The Bertz CT molecular complexity index is 1080. The Morgan fingerprint density at radius 1 is 0.969 bits per heavy atom. The fraction of sp³-hybridized carbons (Fsp3) is 0.308. The van der Waals surface area contributed by atoms with Crippen molar-refractivity contribution in [2.45, 2.75) is 25.3 Å². The topological polar surface area (TPSA) is 78.9 Å². The fourth-order valence-corrected chi connectivity index (χ4v) is 4.05. The highest BCUT2D eigenvalue weighted by Gasteiger charge is 2.21. The van der Waals surface area contributed by atoms with Crippen LogP contribution in [-0.2, 0) is 11.2 Å². The monoisotopic (exact) mass is 432 g/mol. The molecule has 4 rings (SSSR count). The summed E-state index contributed by atoms with van der Waals surface area (Å²) >= 11 is 0. The molecule has 1 unspecified atom stereocenters. The first-order valence-corrected chi connectivity index (χ1v) is 11.0. The largest absolute Gasteiger partial charge is 0.492 e. The van der Waals surface area contributed by atoms with Gasteiger partial charge in [-0.3, -0.25) is 9.69 Å². The third-order valence-electron chi connectivity index (χ3n) is 5.83. The van der Waals surface area contributed by atoms with Crippen LogP contribution in [0.5, 0.6) is 5.75 Å². The molecule has 1 aliphatic heterocycles. The minimum absolute atomic E-state index is 0.230. The van der Waals surface area contributed by atoms with Crippen molar-refractivity contribution >= 4 is 22.6 Å². The third-order valence-corrected chi connectivity index (χ3v) is 5.83. The van der Waals surface area contributed by atoms with Crippen LogP contribution in [0.1, 0.15) is 28.8 Å². The van der Waals surface area contributed by atoms with E-state index in [2.05, 4.69) is 10.2 Å². The van der Waals surface area contributed by atoms with Gasteiger partial charge >= 0.3 is 5.97 Å². The van der Waals surface area contributed by atoms with Crippen LogP contribution < -0.4 is 10.1 Å². The van der Waals surface area contributed by atoms with Gasteiger partial charge in [0.25, 0.3) is 5.91 Å². The highest BCUT2D eigenvalue weighted by Crippen LogP contribution is 2.22. The van der Waals surface area contributed by atoms with Gasteiger partial charge in [-0.2, -0.15) is 0 Å². The molecule has 1 fully saturated rings. The van der Waals surface area contributed by atoms with Crippen molar-refractivity contribution in [1.29, 1.82) is 0 Å². The number of ether oxygens (including phenoxy) is 1. The Balaban J connectivity index is 1.39. The number of carbonyl (C=O) groups is 2. The first-order chi connectivity index (χ1) is 15.6. The number of hydrogen-bond donors (Lipinski definition) is 2. The number of amides is 1. The number of nitrogens with zero attached hydrogens (tertiary/aromatic N) is 1. The van der Waals surface area contributed by atoms with E-state index < -0.39 is 17.9 Å². The second-order valence-corrected chi connectivity index (χ2v) is 8.17. The number of nitrogens with one attached hydrogen (secondary N) is 1. The molecule has 3 aromatic rings. The van der Waals surface area contributed by atoms with Gasteiger partial charge in [-0.05, 0) is 66.5 Å². The number of rotatable bonds is 9. The predicted molar refractivity (Wildman–Crippen MR) is 124 cm³/mol. The van der Waals surface area contributed by atoms with Crippen molar-refractivity contribution < 1.29 is 19.4 Å². The van der Waals surface area contributed by atoms with E-state index in [9.17, 15) is 14.7 Å². The highest BCUT2D eigenvalue weighted by molar-refractivity contribution is 6.00. The lowest BCUT2D eigenvalue weighted by Crippen LogP contribution is -2.42. The average Bonchev–Trinajstić information content (AvgIpc) is 3.32. The van der Waals surface area contributed by atoms with E-state index in [1.54, 1.807) is 12.1 Å². The van der Waals surface area contributed by atoms with E-state index in [1.165, 1.54) is 12.8 Å². The smallest absolute Gasteiger partial charge is 0.326 e. The van der Waals surface area contributed by atoms with Crippen molar-refractivity contribution in [3.8, 4) is 5.75 Å². The number of carboxylic acids is 1. The molecule has 1 amide bonds. The molecule has 1 atom stereocenters. The highest BCUT2D eigenvalue weighted by atomic mass is 16.5. The molecule has 1 heterocycles. The molecule has 166 valence electrons. The molecule has 1 saturated heterocycles. The van der Waals surface area contributed by atoms with Crippen LogP contribution in [0.3, 0.4) is 0 Å². The number of aliphatic carboxylic acids is 1. The van der Waals surface area contributed by atoms with Crippen LogP contribution in [0.2, 0.25) is 0 Å². The van der Waals surface area contributed by atoms with Crippen LogP contribution in [0, 0.1) is 0 Å². The zero-order valence-corrected chi connectivity index (χ0v) is 18.0. The van der Waals surface area contributed by atoms with Crippen LogP contribution in [0.15, 0.2) is 66.7 Å². The van der Waals surface area contributed by atoms with Gasteiger partial charge in [0.1, 0.15) is 18.4 Å². The molecule has 0 aromatic heterocycles. The molecule has 0 radical (unpaired) electrons. The molecule has 0 spiro atoms. The van der Waals surface area contributed by atoms with Gasteiger partial charge in [0.05, 0.1) is 0 Å². The normalized spacial score (nSPS) is 14.9. The van der Waals surface area contributed by atoms with Crippen molar-refractivity contribution in [2.24, 2.45) is 0 Å². The summed E-state index contributed by atoms with van der Waals surface area (Å²) in [6, 6.07) is 19.4. The number of carboxylic acid groups (broad SMARTS) is 1. The van der Waals surface area contributed by atoms with E-state index >= 15 is 0 Å². The lowest BCUT2D eigenvalue weighted by atomic mass is 10.0. The van der Waals surface area contributed by atoms with Gasteiger partial charge < -0.3 is 15.2 Å². The third kappa shape index (κ3) is 5.65. The molecular formula is C26H28N2O4. The minimum atomic E-state index is -1.06. The molecular weight excluding hydrogens is 404 g/mol. The lowest BCUT2D eigenvalue weighted by molar-refractivity contribution is -0.139. The van der Waals surface area contributed by atoms with Gasteiger partial charge in [0.15, 0.2) is 0 Å². The average molecular weight is 433 g/mol. The predicted octanol–water partition coefficient (Wildman–Crippen LogP) is 3.74. The molecule has 1 aliphatic rings. The number of benzene rings is 3. The number of likely N-dealkylation sites (tertiary alicyclic amines) is 1. The second kappa shape index (κ2) is 10.3. The number of fused-ring (bicyclic) bond motifs is 1. The summed E-state index contributed by atoms with van der Waals surface area (Å²) in [6.45, 7) is 3.90. The summed E-state index contributed by atoms with van der Waals surface area (Å²) in [5.41, 5.74) is 1.29. The van der Waals surface area contributed by atoms with Gasteiger partial charge in [0, 0.05) is 18.5 Å². The van der Waals surface area contributed by atoms with E-state index in [0.29, 0.717) is 12.2 Å². The Morgan fingerprint density at radius 2 is 1.69 bits per heavy atom. The molecule has 6 heteroatoms. The van der Waals surface area contributed by atoms with Crippen molar-refractivity contribution in [3.05, 3.63) is 77.9 Å². The SMILES string of the molecule is O=C(NC(Cc1ccccc1)C(=O)O)c1ccc2cc(OCCN3CCCC3)ccc2c1. The van der Waals surface area contributed by atoms with Crippen LogP contribution >= 0.6 is 0 Å². The summed E-state index contributed by atoms with van der Waals surface area (Å²) in [5, 5.41) is 14.1. The molecule has 3 aromatic carbocycles. The lowest BCUT2D eigenvalue weighted by Gasteiger charge is -2.16. The molecule has 0 bridgehead atoms. The Morgan fingerprint density at radius 3 is 2.44 bits per heavy atom. The number of hydrogen-bond acceptors (Lipinski definition) is 4. The quantitative estimate of drug-likeness (QED) is 0.539. The van der Waals surface area contributed by atoms with Crippen molar-refractivity contribution in [1.82, 2.24) is 10.2 Å². The first-order valence-electron chi connectivity index (χ1n) is 11.0. The summed E-state index contributed by atoms with van der Waals surface area (Å²) in [5.74, 6) is -0.650.